The van der Waals surface area contributed by atoms with Crippen LogP contribution in [0.3, 0.4) is 0 Å². The van der Waals surface area contributed by atoms with Crippen LogP contribution in [0.25, 0.3) is 11.2 Å². The van der Waals surface area contributed by atoms with Crippen molar-refractivity contribution in [3.63, 3.8) is 0 Å². The summed E-state index contributed by atoms with van der Waals surface area (Å²) in [7, 11) is 0. The molecule has 2 aromatic heterocycles. The van der Waals surface area contributed by atoms with E-state index in [1.165, 1.54) is 17.2 Å². The minimum Gasteiger partial charge on any atom is -0.394 e. The van der Waals surface area contributed by atoms with Gasteiger partial charge in [-0.2, -0.15) is 0 Å². The highest BCUT2D eigenvalue weighted by Gasteiger charge is 2.44. The third kappa shape index (κ3) is 2.27. The smallest absolute Gasteiger partial charge is 0.165 e. The van der Waals surface area contributed by atoms with Crippen molar-refractivity contribution in [1.29, 1.82) is 0 Å². The molecule has 120 valence electrons. The Morgan fingerprint density at radius 1 is 1.27 bits per heavy atom. The monoisotopic (exact) mass is 310 g/mol. The van der Waals surface area contributed by atoms with Crippen molar-refractivity contribution in [2.45, 2.75) is 44.0 Å². The number of hydrogen-bond acceptors (Lipinski definition) is 8. The zero-order valence-electron chi connectivity index (χ0n) is 11.9. The number of imidazole rings is 1. The summed E-state index contributed by atoms with van der Waals surface area (Å²) >= 11 is 0. The molecule has 4 N–H and O–H groups in total. The van der Waals surface area contributed by atoms with Gasteiger partial charge in [0.25, 0.3) is 0 Å². The molecule has 3 rings (SSSR count). The summed E-state index contributed by atoms with van der Waals surface area (Å²) in [6.45, 7) is 1.41. The maximum absolute atomic E-state index is 10.1. The number of aliphatic hydroxyl groups is 4. The molecule has 1 aliphatic heterocycles. The molecule has 22 heavy (non-hydrogen) atoms. The highest BCUT2D eigenvalue weighted by molar-refractivity contribution is 5.73. The molecule has 5 atom stereocenters. The lowest BCUT2D eigenvalue weighted by molar-refractivity contribution is -0.0511. The molecular formula is C13H18N4O5. The molecule has 1 fully saturated rings. The van der Waals surface area contributed by atoms with Gasteiger partial charge in [0.05, 0.1) is 19.0 Å². The van der Waals surface area contributed by atoms with E-state index in [4.69, 9.17) is 9.84 Å². The quantitative estimate of drug-likeness (QED) is 0.558. The molecule has 0 aliphatic carbocycles. The third-order valence-electron chi connectivity index (χ3n) is 3.88. The summed E-state index contributed by atoms with van der Waals surface area (Å²) in [5.41, 5.74) is 1.19. The topological polar surface area (TPSA) is 134 Å². The Bertz CT molecular complexity index is 663. The maximum Gasteiger partial charge on any atom is 0.165 e. The minimum atomic E-state index is -1.22. The number of fused-ring (bicyclic) bond motifs is 1. The largest absolute Gasteiger partial charge is 0.394 e. The fraction of sp³-hybridized carbons (Fsp3) is 0.615. The highest BCUT2D eigenvalue weighted by Crippen LogP contribution is 2.32. The molecule has 1 saturated heterocycles. The predicted octanol–water partition coefficient (Wildman–Crippen LogP) is -1.12. The Kier molecular flexibility index (Phi) is 4.06. The predicted molar refractivity (Wildman–Crippen MR) is 73.6 cm³/mol. The average Bonchev–Trinajstić information content (AvgIpc) is 3.08. The first-order chi connectivity index (χ1) is 10.6. The molecular weight excluding hydrogens is 292 g/mol. The molecule has 0 spiro atoms. The van der Waals surface area contributed by atoms with Crippen LogP contribution in [0.15, 0.2) is 12.7 Å². The van der Waals surface area contributed by atoms with Gasteiger partial charge in [-0.15, -0.1) is 0 Å². The van der Waals surface area contributed by atoms with Crippen molar-refractivity contribution in [2.75, 3.05) is 6.61 Å². The van der Waals surface area contributed by atoms with E-state index < -0.39 is 37.3 Å². The van der Waals surface area contributed by atoms with Gasteiger partial charge >= 0.3 is 0 Å². The van der Waals surface area contributed by atoms with Gasteiger partial charge < -0.3 is 25.2 Å². The Morgan fingerprint density at radius 2 is 2.05 bits per heavy atom. The van der Waals surface area contributed by atoms with Crippen LogP contribution in [-0.4, -0.2) is 64.9 Å². The van der Waals surface area contributed by atoms with E-state index in [2.05, 4.69) is 15.0 Å². The third-order valence-corrected chi connectivity index (χ3v) is 3.88. The molecule has 1 aliphatic rings. The Labute approximate surface area is 125 Å². The van der Waals surface area contributed by atoms with E-state index >= 15 is 0 Å². The zero-order valence-corrected chi connectivity index (χ0v) is 11.9. The van der Waals surface area contributed by atoms with Crippen molar-refractivity contribution in [3.05, 3.63) is 18.3 Å². The van der Waals surface area contributed by atoms with Crippen LogP contribution >= 0.6 is 0 Å². The molecule has 0 radical (unpaired) electrons. The van der Waals surface area contributed by atoms with Crippen molar-refractivity contribution >= 4 is 11.2 Å². The highest BCUT2D eigenvalue weighted by atomic mass is 16.6. The van der Waals surface area contributed by atoms with Crippen molar-refractivity contribution in [1.82, 2.24) is 19.5 Å². The summed E-state index contributed by atoms with van der Waals surface area (Å²) in [6.07, 6.45) is -1.79. The van der Waals surface area contributed by atoms with Gasteiger partial charge in [-0.3, -0.25) is 4.57 Å². The standard InChI is InChI=1S/C13H18N4O5/c1-2-6(19)8-9-12(15-4-14-8)17(5-16-9)13-11(21)10(20)7(3-18)22-13/h4-7,10-11,13,18-21H,2-3H2,1H3/t6?,7-,10-,11-,13-/m1/s1. The first-order valence-corrected chi connectivity index (χ1v) is 7.06. The summed E-state index contributed by atoms with van der Waals surface area (Å²) in [5, 5.41) is 39.1. The summed E-state index contributed by atoms with van der Waals surface area (Å²) in [4.78, 5) is 12.4. The molecule has 1 unspecified atom stereocenters. The first-order valence-electron chi connectivity index (χ1n) is 7.06. The van der Waals surface area contributed by atoms with Crippen LogP contribution in [-0.2, 0) is 4.74 Å². The summed E-state index contributed by atoms with van der Waals surface area (Å²) in [5.74, 6) is 0. The van der Waals surface area contributed by atoms with Gasteiger partial charge in [-0.05, 0) is 6.42 Å². The van der Waals surface area contributed by atoms with Crippen molar-refractivity contribution < 1.29 is 25.2 Å². The van der Waals surface area contributed by atoms with Crippen LogP contribution in [0, 0.1) is 0 Å². The van der Waals surface area contributed by atoms with Crippen LogP contribution in [0.1, 0.15) is 31.4 Å². The lowest BCUT2D eigenvalue weighted by atomic mass is 10.1. The van der Waals surface area contributed by atoms with Crippen LogP contribution in [0.2, 0.25) is 0 Å². The maximum atomic E-state index is 10.1. The number of nitrogens with zero attached hydrogens (tertiary/aromatic N) is 4. The second-order valence-electron chi connectivity index (χ2n) is 5.24. The van der Waals surface area contributed by atoms with E-state index in [0.29, 0.717) is 23.3 Å². The molecule has 3 heterocycles. The van der Waals surface area contributed by atoms with Gasteiger partial charge in [0, 0.05) is 0 Å². The van der Waals surface area contributed by atoms with Crippen LogP contribution < -0.4 is 0 Å². The second kappa shape index (κ2) is 5.86. The average molecular weight is 310 g/mol. The molecule has 9 nitrogen and oxygen atoms in total. The van der Waals surface area contributed by atoms with E-state index in [1.54, 1.807) is 0 Å². The van der Waals surface area contributed by atoms with Gasteiger partial charge in [0.15, 0.2) is 11.9 Å². The number of hydrogen-bond donors (Lipinski definition) is 4. The van der Waals surface area contributed by atoms with Gasteiger partial charge in [-0.1, -0.05) is 6.92 Å². The number of aliphatic hydroxyl groups excluding tert-OH is 4. The fourth-order valence-electron chi connectivity index (χ4n) is 2.60. The molecule has 0 aromatic carbocycles. The van der Waals surface area contributed by atoms with E-state index in [1.807, 2.05) is 6.92 Å². The molecule has 0 saturated carbocycles. The summed E-state index contributed by atoms with van der Waals surface area (Å²) in [6, 6.07) is 0. The van der Waals surface area contributed by atoms with Crippen LogP contribution in [0.5, 0.6) is 0 Å². The number of rotatable bonds is 4. The van der Waals surface area contributed by atoms with Crippen LogP contribution in [0.4, 0.5) is 0 Å². The van der Waals surface area contributed by atoms with Crippen molar-refractivity contribution in [3.8, 4) is 0 Å². The molecule has 9 heteroatoms. The summed E-state index contributed by atoms with van der Waals surface area (Å²) < 4.78 is 6.93. The van der Waals surface area contributed by atoms with E-state index in [9.17, 15) is 15.3 Å². The minimum absolute atomic E-state index is 0.382. The number of ether oxygens (including phenoxy) is 1. The Hall–Kier alpha value is -1.65. The van der Waals surface area contributed by atoms with Gasteiger partial charge in [0.1, 0.15) is 35.8 Å². The molecule has 0 amide bonds. The molecule has 0 bridgehead atoms. The second-order valence-corrected chi connectivity index (χ2v) is 5.24. The lowest BCUT2D eigenvalue weighted by Crippen LogP contribution is -2.33. The van der Waals surface area contributed by atoms with Crippen molar-refractivity contribution in [2.24, 2.45) is 0 Å². The molecule has 2 aromatic rings. The fourth-order valence-corrected chi connectivity index (χ4v) is 2.60. The lowest BCUT2D eigenvalue weighted by Gasteiger charge is -2.16. The Morgan fingerprint density at radius 3 is 2.68 bits per heavy atom. The number of aromatic nitrogens is 4. The normalized spacial score (nSPS) is 30.0. The first kappa shape index (κ1) is 15.3. The Balaban J connectivity index is 2.03. The SMILES string of the molecule is CCC(O)c1ncnc2c1ncn2[C@@H]1O[C@H](CO)[C@@H](O)[C@H]1O. The van der Waals surface area contributed by atoms with Gasteiger partial charge in [-0.25, -0.2) is 15.0 Å². The van der Waals surface area contributed by atoms with E-state index in [-0.39, 0.29) is 0 Å². The van der Waals surface area contributed by atoms with E-state index in [0.717, 1.165) is 0 Å². The zero-order chi connectivity index (χ0) is 15.9. The van der Waals surface area contributed by atoms with Gasteiger partial charge in [0.2, 0.25) is 0 Å².